The summed E-state index contributed by atoms with van der Waals surface area (Å²) in [5.74, 6) is 1.88. The number of imidazole rings is 1. The molecule has 1 aromatic carbocycles. The van der Waals surface area contributed by atoms with E-state index in [0.29, 0.717) is 5.02 Å². The number of rotatable bonds is 7. The molecule has 0 aliphatic carbocycles. The van der Waals surface area contributed by atoms with E-state index in [-0.39, 0.29) is 6.04 Å². The molecule has 0 spiro atoms. The highest BCUT2D eigenvalue weighted by atomic mass is 35.5. The van der Waals surface area contributed by atoms with Gasteiger partial charge in [-0.25, -0.2) is 4.98 Å². The number of aryl methyl sites for hydroxylation is 1. The number of methoxy groups -OCH3 is 1. The van der Waals surface area contributed by atoms with Crippen LogP contribution < -0.4 is 10.1 Å². The molecule has 0 bridgehead atoms. The Kier molecular flexibility index (Phi) is 5.65. The van der Waals surface area contributed by atoms with E-state index in [0.717, 1.165) is 36.5 Å². The fourth-order valence-corrected chi connectivity index (χ4v) is 2.66. The smallest absolute Gasteiger partial charge is 0.125 e. The third kappa shape index (κ3) is 3.77. The molecule has 0 aliphatic rings. The summed E-state index contributed by atoms with van der Waals surface area (Å²) in [6, 6.07) is 5.88. The topological polar surface area (TPSA) is 39.1 Å². The lowest BCUT2D eigenvalue weighted by atomic mass is 10.0. The van der Waals surface area contributed by atoms with Gasteiger partial charge in [0, 0.05) is 42.0 Å². The maximum absolute atomic E-state index is 6.04. The number of nitrogens with zero attached hydrogens (tertiary/aromatic N) is 2. The van der Waals surface area contributed by atoms with Gasteiger partial charge in [-0.3, -0.25) is 0 Å². The van der Waals surface area contributed by atoms with Crippen LogP contribution >= 0.6 is 11.6 Å². The Labute approximate surface area is 131 Å². The van der Waals surface area contributed by atoms with Gasteiger partial charge in [0.1, 0.15) is 11.6 Å². The van der Waals surface area contributed by atoms with E-state index in [9.17, 15) is 0 Å². The normalized spacial score (nSPS) is 12.4. The van der Waals surface area contributed by atoms with Gasteiger partial charge >= 0.3 is 0 Å². The highest BCUT2D eigenvalue weighted by molar-refractivity contribution is 6.30. The molecule has 0 fully saturated rings. The van der Waals surface area contributed by atoms with E-state index in [1.54, 1.807) is 7.11 Å². The van der Waals surface area contributed by atoms with E-state index in [1.165, 1.54) is 0 Å². The Morgan fingerprint density at radius 2 is 2.24 bits per heavy atom. The summed E-state index contributed by atoms with van der Waals surface area (Å²) < 4.78 is 7.66. The van der Waals surface area contributed by atoms with Gasteiger partial charge in [0.2, 0.25) is 0 Å². The van der Waals surface area contributed by atoms with Crippen LogP contribution in [0.25, 0.3) is 0 Å². The quantitative estimate of drug-likeness (QED) is 0.851. The van der Waals surface area contributed by atoms with Crippen molar-refractivity contribution < 1.29 is 4.74 Å². The zero-order valence-corrected chi connectivity index (χ0v) is 13.5. The van der Waals surface area contributed by atoms with Crippen LogP contribution in [0, 0.1) is 0 Å². The predicted molar refractivity (Wildman–Crippen MR) is 86.0 cm³/mol. The van der Waals surface area contributed by atoms with Crippen LogP contribution in [0.4, 0.5) is 0 Å². The van der Waals surface area contributed by atoms with Gasteiger partial charge in [0.05, 0.1) is 7.11 Å². The minimum atomic E-state index is 0.134. The second kappa shape index (κ2) is 7.48. The molecule has 2 aromatic rings. The summed E-state index contributed by atoms with van der Waals surface area (Å²) in [5, 5.41) is 4.02. The highest BCUT2D eigenvalue weighted by Crippen LogP contribution is 2.30. The lowest BCUT2D eigenvalue weighted by Crippen LogP contribution is -2.21. The molecular formula is C16H22ClN3O. The minimum Gasteiger partial charge on any atom is -0.496 e. The van der Waals surface area contributed by atoms with E-state index in [2.05, 4.69) is 21.8 Å². The van der Waals surface area contributed by atoms with Crippen molar-refractivity contribution in [3.8, 4) is 5.75 Å². The first-order valence-corrected chi connectivity index (χ1v) is 7.58. The lowest BCUT2D eigenvalue weighted by molar-refractivity contribution is 0.400. The van der Waals surface area contributed by atoms with E-state index in [1.807, 2.05) is 37.6 Å². The van der Waals surface area contributed by atoms with Crippen molar-refractivity contribution in [2.24, 2.45) is 0 Å². The molecule has 1 unspecified atom stereocenters. The van der Waals surface area contributed by atoms with Gasteiger partial charge < -0.3 is 14.6 Å². The predicted octanol–water partition coefficient (Wildman–Crippen LogP) is 3.46. The molecule has 1 atom stereocenters. The number of hydrogen-bond donors (Lipinski definition) is 1. The maximum atomic E-state index is 6.04. The fraction of sp³-hybridized carbons (Fsp3) is 0.438. The molecule has 0 saturated heterocycles. The SMILES string of the molecule is CCCn1ccnc1CC(NC)c1ccc(Cl)cc1OC. The maximum Gasteiger partial charge on any atom is 0.125 e. The number of ether oxygens (including phenoxy) is 1. The standard InChI is InChI=1S/C16H22ClN3O/c1-4-8-20-9-7-19-16(20)11-14(18-2)13-6-5-12(17)10-15(13)21-3/h5-7,9-10,14,18H,4,8,11H2,1-3H3. The molecule has 4 nitrogen and oxygen atoms in total. The van der Waals surface area contributed by atoms with Crippen molar-refractivity contribution >= 4 is 11.6 Å². The summed E-state index contributed by atoms with van der Waals surface area (Å²) in [4.78, 5) is 4.48. The summed E-state index contributed by atoms with van der Waals surface area (Å²) in [6.07, 6.45) is 5.79. The first-order chi connectivity index (χ1) is 10.2. The molecule has 1 N–H and O–H groups in total. The second-order valence-corrected chi connectivity index (χ2v) is 5.40. The van der Waals surface area contributed by atoms with Gasteiger partial charge in [0.25, 0.3) is 0 Å². The lowest BCUT2D eigenvalue weighted by Gasteiger charge is -2.20. The Hall–Kier alpha value is -1.52. The molecule has 1 aromatic heterocycles. The molecule has 0 aliphatic heterocycles. The largest absolute Gasteiger partial charge is 0.496 e. The molecule has 0 amide bonds. The average molecular weight is 308 g/mol. The molecule has 2 rings (SSSR count). The van der Waals surface area contributed by atoms with Crippen LogP contribution in [-0.2, 0) is 13.0 Å². The Morgan fingerprint density at radius 1 is 1.43 bits per heavy atom. The summed E-state index contributed by atoms with van der Waals surface area (Å²) in [5.41, 5.74) is 1.09. The van der Waals surface area contributed by atoms with E-state index < -0.39 is 0 Å². The van der Waals surface area contributed by atoms with Crippen molar-refractivity contribution in [1.82, 2.24) is 14.9 Å². The number of likely N-dealkylation sites (N-methyl/N-ethyl adjacent to an activating group) is 1. The Bertz CT molecular complexity index is 583. The van der Waals surface area contributed by atoms with Crippen LogP contribution in [0.3, 0.4) is 0 Å². The number of nitrogens with one attached hydrogen (secondary N) is 1. The van der Waals surface area contributed by atoms with Crippen LogP contribution in [0.5, 0.6) is 5.75 Å². The minimum absolute atomic E-state index is 0.134. The monoisotopic (exact) mass is 307 g/mol. The van der Waals surface area contributed by atoms with Gasteiger partial charge in [-0.2, -0.15) is 0 Å². The first-order valence-electron chi connectivity index (χ1n) is 7.20. The second-order valence-electron chi connectivity index (χ2n) is 4.97. The number of halogens is 1. The Morgan fingerprint density at radius 3 is 2.90 bits per heavy atom. The van der Waals surface area contributed by atoms with Crippen LogP contribution in [0.15, 0.2) is 30.6 Å². The zero-order valence-electron chi connectivity index (χ0n) is 12.8. The molecule has 5 heteroatoms. The summed E-state index contributed by atoms with van der Waals surface area (Å²) in [7, 11) is 3.62. The molecular weight excluding hydrogens is 286 g/mol. The van der Waals surface area contributed by atoms with Crippen molar-refractivity contribution in [2.75, 3.05) is 14.2 Å². The third-order valence-corrected chi connectivity index (χ3v) is 3.81. The third-order valence-electron chi connectivity index (χ3n) is 3.57. The van der Waals surface area contributed by atoms with E-state index >= 15 is 0 Å². The number of hydrogen-bond acceptors (Lipinski definition) is 3. The molecule has 114 valence electrons. The van der Waals surface area contributed by atoms with Crippen LogP contribution in [-0.4, -0.2) is 23.7 Å². The summed E-state index contributed by atoms with van der Waals surface area (Å²) >= 11 is 6.04. The highest BCUT2D eigenvalue weighted by Gasteiger charge is 2.17. The van der Waals surface area contributed by atoms with Crippen molar-refractivity contribution in [1.29, 1.82) is 0 Å². The van der Waals surface area contributed by atoms with Crippen LogP contribution in [0.2, 0.25) is 5.02 Å². The molecule has 21 heavy (non-hydrogen) atoms. The van der Waals surface area contributed by atoms with Gasteiger partial charge in [0.15, 0.2) is 0 Å². The van der Waals surface area contributed by atoms with Crippen molar-refractivity contribution in [2.45, 2.75) is 32.4 Å². The van der Waals surface area contributed by atoms with Gasteiger partial charge in [-0.05, 0) is 25.6 Å². The van der Waals surface area contributed by atoms with Crippen molar-refractivity contribution in [3.63, 3.8) is 0 Å². The average Bonchev–Trinajstić information content (AvgIpc) is 2.92. The zero-order chi connectivity index (χ0) is 15.2. The molecule has 1 heterocycles. The summed E-state index contributed by atoms with van der Waals surface area (Å²) in [6.45, 7) is 3.16. The fourth-order valence-electron chi connectivity index (χ4n) is 2.50. The number of aromatic nitrogens is 2. The van der Waals surface area contributed by atoms with Gasteiger partial charge in [-0.15, -0.1) is 0 Å². The van der Waals surface area contributed by atoms with Crippen molar-refractivity contribution in [3.05, 3.63) is 47.0 Å². The first kappa shape index (κ1) is 15.9. The molecule has 0 radical (unpaired) electrons. The van der Waals surface area contributed by atoms with E-state index in [4.69, 9.17) is 16.3 Å². The Balaban J connectivity index is 2.25. The molecule has 0 saturated carbocycles. The van der Waals surface area contributed by atoms with Gasteiger partial charge in [-0.1, -0.05) is 24.6 Å². The van der Waals surface area contributed by atoms with Crippen LogP contribution in [0.1, 0.15) is 30.8 Å². The number of benzene rings is 1.